The first-order valence-corrected chi connectivity index (χ1v) is 8.35. The van der Waals surface area contributed by atoms with Gasteiger partial charge in [-0.15, -0.1) is 0 Å². The minimum Gasteiger partial charge on any atom is -0.363 e. The van der Waals surface area contributed by atoms with Gasteiger partial charge in [-0.3, -0.25) is 0 Å². The van der Waals surface area contributed by atoms with Crippen LogP contribution in [0.15, 0.2) is 45.9 Å². The SMILES string of the molecule is CC(NS(=O)(=O)c1c[nH]c(CN)c1)c1ccc(Br)cc1. The van der Waals surface area contributed by atoms with E-state index in [1.165, 1.54) is 12.3 Å². The van der Waals surface area contributed by atoms with E-state index in [2.05, 4.69) is 25.6 Å². The van der Waals surface area contributed by atoms with Gasteiger partial charge < -0.3 is 10.7 Å². The Kier molecular flexibility index (Phi) is 4.64. The van der Waals surface area contributed by atoms with E-state index in [9.17, 15) is 8.42 Å². The molecule has 2 rings (SSSR count). The van der Waals surface area contributed by atoms with Crippen LogP contribution in [0.5, 0.6) is 0 Å². The van der Waals surface area contributed by atoms with Crippen LogP contribution in [-0.2, 0) is 16.6 Å². The van der Waals surface area contributed by atoms with Crippen molar-refractivity contribution in [2.45, 2.75) is 24.4 Å². The first-order chi connectivity index (χ1) is 9.42. The molecule has 0 radical (unpaired) electrons. The molecule has 1 atom stereocenters. The van der Waals surface area contributed by atoms with Crippen LogP contribution in [0.2, 0.25) is 0 Å². The second kappa shape index (κ2) is 6.09. The molecule has 0 aliphatic carbocycles. The smallest absolute Gasteiger partial charge is 0.242 e. The molecule has 0 saturated heterocycles. The van der Waals surface area contributed by atoms with Crippen molar-refractivity contribution in [3.05, 3.63) is 52.3 Å². The van der Waals surface area contributed by atoms with Gasteiger partial charge in [0.1, 0.15) is 0 Å². The third-order valence-corrected chi connectivity index (χ3v) is 5.00. The average molecular weight is 358 g/mol. The van der Waals surface area contributed by atoms with Gasteiger partial charge in [-0.05, 0) is 30.7 Å². The molecule has 7 heteroatoms. The summed E-state index contributed by atoms with van der Waals surface area (Å²) >= 11 is 3.35. The number of aromatic amines is 1. The summed E-state index contributed by atoms with van der Waals surface area (Å²) < 4.78 is 28.1. The molecule has 0 bridgehead atoms. The maximum absolute atomic E-state index is 12.2. The number of halogens is 1. The third kappa shape index (κ3) is 3.49. The molecule has 0 aliphatic heterocycles. The van der Waals surface area contributed by atoms with Gasteiger partial charge >= 0.3 is 0 Å². The second-order valence-electron chi connectivity index (χ2n) is 4.46. The van der Waals surface area contributed by atoms with E-state index in [0.717, 1.165) is 10.0 Å². The summed E-state index contributed by atoms with van der Waals surface area (Å²) in [6, 6.07) is 8.73. The third-order valence-electron chi connectivity index (χ3n) is 2.95. The topological polar surface area (TPSA) is 88.0 Å². The number of nitrogens with one attached hydrogen (secondary N) is 2. The Bertz CT molecular complexity index is 680. The summed E-state index contributed by atoms with van der Waals surface area (Å²) in [5.74, 6) is 0. The quantitative estimate of drug-likeness (QED) is 0.766. The Labute approximate surface area is 126 Å². The molecule has 5 nitrogen and oxygen atoms in total. The summed E-state index contributed by atoms with van der Waals surface area (Å²) in [7, 11) is -3.56. The number of H-pyrrole nitrogens is 1. The summed E-state index contributed by atoms with van der Waals surface area (Å²) in [6.45, 7) is 2.08. The van der Waals surface area contributed by atoms with Crippen molar-refractivity contribution in [1.29, 1.82) is 0 Å². The normalized spacial score (nSPS) is 13.3. The molecule has 0 saturated carbocycles. The molecule has 0 fully saturated rings. The van der Waals surface area contributed by atoms with Gasteiger partial charge in [-0.2, -0.15) is 0 Å². The molecular weight excluding hydrogens is 342 g/mol. The highest BCUT2D eigenvalue weighted by molar-refractivity contribution is 9.10. The van der Waals surface area contributed by atoms with Gasteiger partial charge in [0.05, 0.1) is 4.90 Å². The molecule has 1 aromatic carbocycles. The van der Waals surface area contributed by atoms with E-state index >= 15 is 0 Å². The predicted octanol–water partition coefficient (Wildman–Crippen LogP) is 2.28. The van der Waals surface area contributed by atoms with Crippen LogP contribution in [0, 0.1) is 0 Å². The van der Waals surface area contributed by atoms with E-state index in [1.807, 2.05) is 24.3 Å². The molecule has 1 aromatic heterocycles. The van der Waals surface area contributed by atoms with Crippen LogP contribution in [-0.4, -0.2) is 13.4 Å². The summed E-state index contributed by atoms with van der Waals surface area (Å²) in [6.07, 6.45) is 1.44. The van der Waals surface area contributed by atoms with Gasteiger partial charge in [0.15, 0.2) is 0 Å². The number of benzene rings is 1. The van der Waals surface area contributed by atoms with Crippen molar-refractivity contribution in [2.24, 2.45) is 5.73 Å². The van der Waals surface area contributed by atoms with Crippen molar-refractivity contribution in [2.75, 3.05) is 0 Å². The Balaban J connectivity index is 2.17. The minimum absolute atomic E-state index is 0.196. The molecular formula is C13H16BrN3O2S. The minimum atomic E-state index is -3.56. The highest BCUT2D eigenvalue weighted by atomic mass is 79.9. The van der Waals surface area contributed by atoms with Gasteiger partial charge in [0.25, 0.3) is 0 Å². The average Bonchev–Trinajstić information content (AvgIpc) is 2.88. The largest absolute Gasteiger partial charge is 0.363 e. The van der Waals surface area contributed by atoms with E-state index in [4.69, 9.17) is 5.73 Å². The monoisotopic (exact) mass is 357 g/mol. The van der Waals surface area contributed by atoms with Gasteiger partial charge in [-0.1, -0.05) is 28.1 Å². The molecule has 1 unspecified atom stereocenters. The molecule has 108 valence electrons. The van der Waals surface area contributed by atoms with E-state index in [-0.39, 0.29) is 17.5 Å². The van der Waals surface area contributed by atoms with Crippen molar-refractivity contribution < 1.29 is 8.42 Å². The van der Waals surface area contributed by atoms with Gasteiger partial charge in [0, 0.05) is 29.0 Å². The fourth-order valence-corrected chi connectivity index (χ4v) is 3.33. The number of hydrogen-bond acceptors (Lipinski definition) is 3. The molecule has 2 aromatic rings. The lowest BCUT2D eigenvalue weighted by Crippen LogP contribution is -2.26. The van der Waals surface area contributed by atoms with E-state index in [1.54, 1.807) is 6.92 Å². The molecule has 1 heterocycles. The maximum Gasteiger partial charge on any atom is 0.242 e. The Hall–Kier alpha value is -1.15. The second-order valence-corrected chi connectivity index (χ2v) is 7.09. The van der Waals surface area contributed by atoms with Crippen molar-refractivity contribution in [3.8, 4) is 0 Å². The lowest BCUT2D eigenvalue weighted by atomic mass is 10.1. The van der Waals surface area contributed by atoms with Crippen molar-refractivity contribution in [1.82, 2.24) is 9.71 Å². The molecule has 0 amide bonds. The fraction of sp³-hybridized carbons (Fsp3) is 0.231. The lowest BCUT2D eigenvalue weighted by molar-refractivity contribution is 0.567. The highest BCUT2D eigenvalue weighted by Gasteiger charge is 2.19. The van der Waals surface area contributed by atoms with Gasteiger partial charge in [0.2, 0.25) is 10.0 Å². The Morgan fingerprint density at radius 3 is 2.55 bits per heavy atom. The predicted molar refractivity (Wildman–Crippen MR) is 81.6 cm³/mol. The first-order valence-electron chi connectivity index (χ1n) is 6.07. The van der Waals surface area contributed by atoms with E-state index in [0.29, 0.717) is 5.69 Å². The number of hydrogen-bond donors (Lipinski definition) is 3. The van der Waals surface area contributed by atoms with Crippen LogP contribution in [0.4, 0.5) is 0 Å². The number of aromatic nitrogens is 1. The van der Waals surface area contributed by atoms with Crippen molar-refractivity contribution >= 4 is 26.0 Å². The zero-order valence-corrected chi connectivity index (χ0v) is 13.3. The molecule has 0 aliphatic rings. The number of nitrogens with two attached hydrogens (primary N) is 1. The zero-order chi connectivity index (χ0) is 14.8. The van der Waals surface area contributed by atoms with Crippen molar-refractivity contribution in [3.63, 3.8) is 0 Å². The van der Waals surface area contributed by atoms with Crippen LogP contribution >= 0.6 is 15.9 Å². The summed E-state index contributed by atoms with van der Waals surface area (Å²) in [4.78, 5) is 3.03. The lowest BCUT2D eigenvalue weighted by Gasteiger charge is -2.14. The molecule has 20 heavy (non-hydrogen) atoms. The number of sulfonamides is 1. The summed E-state index contributed by atoms with van der Waals surface area (Å²) in [5.41, 5.74) is 7.04. The Morgan fingerprint density at radius 1 is 1.35 bits per heavy atom. The highest BCUT2D eigenvalue weighted by Crippen LogP contribution is 2.19. The summed E-state index contributed by atoms with van der Waals surface area (Å²) in [5, 5.41) is 0. The van der Waals surface area contributed by atoms with Crippen LogP contribution in [0.25, 0.3) is 0 Å². The number of rotatable bonds is 5. The van der Waals surface area contributed by atoms with Gasteiger partial charge in [-0.25, -0.2) is 13.1 Å². The zero-order valence-electron chi connectivity index (χ0n) is 10.9. The van der Waals surface area contributed by atoms with Crippen LogP contribution in [0.1, 0.15) is 24.2 Å². The molecule has 0 spiro atoms. The standard InChI is InChI=1S/C13H16BrN3O2S/c1-9(10-2-4-11(14)5-3-10)17-20(18,19)13-6-12(7-15)16-8-13/h2-6,8-9,16-17H,7,15H2,1H3. The first kappa shape index (κ1) is 15.2. The van der Waals surface area contributed by atoms with E-state index < -0.39 is 10.0 Å². The fourth-order valence-electron chi connectivity index (χ4n) is 1.81. The Morgan fingerprint density at radius 2 is 2.00 bits per heavy atom. The molecule has 4 N–H and O–H groups in total. The van der Waals surface area contributed by atoms with Crippen LogP contribution < -0.4 is 10.5 Å². The van der Waals surface area contributed by atoms with Crippen LogP contribution in [0.3, 0.4) is 0 Å². The maximum atomic E-state index is 12.2.